The van der Waals surface area contributed by atoms with E-state index in [4.69, 9.17) is 14.2 Å². The number of methoxy groups -OCH3 is 3. The molecule has 1 N–H and O–H groups in total. The van der Waals surface area contributed by atoms with Gasteiger partial charge in [-0.3, -0.25) is 14.2 Å². The molecule has 1 heterocycles. The first-order chi connectivity index (χ1) is 17.5. The Balaban J connectivity index is 1.55. The zero-order chi connectivity index (χ0) is 25.5. The third-order valence-corrected chi connectivity index (χ3v) is 6.17. The Bertz CT molecular complexity index is 1470. The summed E-state index contributed by atoms with van der Waals surface area (Å²) >= 11 is 1.14. The van der Waals surface area contributed by atoms with E-state index in [1.54, 1.807) is 74.9 Å². The molecule has 3 aromatic carbocycles. The maximum atomic E-state index is 13.3. The zero-order valence-electron chi connectivity index (χ0n) is 19.9. The van der Waals surface area contributed by atoms with Crippen LogP contribution in [0, 0.1) is 0 Å². The summed E-state index contributed by atoms with van der Waals surface area (Å²) in [6.45, 7) is 0. The second-order valence-corrected chi connectivity index (χ2v) is 8.36. The lowest BCUT2D eigenvalue weighted by atomic mass is 10.2. The Morgan fingerprint density at radius 1 is 1.00 bits per heavy atom. The van der Waals surface area contributed by atoms with E-state index in [1.165, 1.54) is 17.9 Å². The number of hydrazone groups is 1. The van der Waals surface area contributed by atoms with Gasteiger partial charge in [0.05, 0.1) is 49.9 Å². The summed E-state index contributed by atoms with van der Waals surface area (Å²) in [6.07, 6.45) is 1.48. The minimum atomic E-state index is -0.359. The molecule has 0 atom stereocenters. The molecule has 0 saturated heterocycles. The van der Waals surface area contributed by atoms with Crippen molar-refractivity contribution in [1.82, 2.24) is 15.0 Å². The number of aromatic nitrogens is 2. The van der Waals surface area contributed by atoms with Crippen LogP contribution in [0.2, 0.25) is 0 Å². The van der Waals surface area contributed by atoms with Crippen molar-refractivity contribution in [3.05, 3.63) is 82.6 Å². The maximum absolute atomic E-state index is 13.3. The molecule has 10 heteroatoms. The highest BCUT2D eigenvalue weighted by Crippen LogP contribution is 2.29. The van der Waals surface area contributed by atoms with Crippen LogP contribution in [0.25, 0.3) is 16.6 Å². The second kappa shape index (κ2) is 11.4. The van der Waals surface area contributed by atoms with Crippen LogP contribution in [-0.4, -0.2) is 48.8 Å². The molecule has 4 aromatic rings. The summed E-state index contributed by atoms with van der Waals surface area (Å²) in [6, 6.07) is 19.5. The monoisotopic (exact) mass is 504 g/mol. The van der Waals surface area contributed by atoms with Crippen molar-refractivity contribution in [2.24, 2.45) is 5.10 Å². The van der Waals surface area contributed by atoms with Crippen LogP contribution in [0.15, 0.2) is 81.8 Å². The third kappa shape index (κ3) is 5.33. The number of fused-ring (bicyclic) bond motifs is 1. The summed E-state index contributed by atoms with van der Waals surface area (Å²) in [5.74, 6) is 1.37. The van der Waals surface area contributed by atoms with Crippen LogP contribution in [-0.2, 0) is 4.79 Å². The van der Waals surface area contributed by atoms with Crippen molar-refractivity contribution >= 4 is 34.8 Å². The van der Waals surface area contributed by atoms with Gasteiger partial charge in [0.15, 0.2) is 16.7 Å². The first kappa shape index (κ1) is 24.8. The highest BCUT2D eigenvalue weighted by molar-refractivity contribution is 7.99. The van der Waals surface area contributed by atoms with Crippen LogP contribution < -0.4 is 25.2 Å². The molecule has 1 aromatic heterocycles. The fourth-order valence-electron chi connectivity index (χ4n) is 3.52. The smallest absolute Gasteiger partial charge is 0.266 e. The van der Waals surface area contributed by atoms with Gasteiger partial charge in [0.2, 0.25) is 0 Å². The number of hydrogen-bond acceptors (Lipinski definition) is 8. The van der Waals surface area contributed by atoms with Crippen molar-refractivity contribution in [3.8, 4) is 22.9 Å². The van der Waals surface area contributed by atoms with Gasteiger partial charge in [-0.05, 0) is 48.5 Å². The number of rotatable bonds is 9. The summed E-state index contributed by atoms with van der Waals surface area (Å²) in [5, 5.41) is 4.90. The fourth-order valence-corrected chi connectivity index (χ4v) is 4.32. The SMILES string of the molecule is COc1ccc(-n2c(SCC(=O)N/N=C\c3cccc(OC)c3OC)nc3ccccc3c2=O)cc1. The quantitative estimate of drug-likeness (QED) is 0.161. The number of carbonyl (C=O) groups excluding carboxylic acids is 1. The standard InChI is InChI=1S/C26H24N4O5S/c1-33-19-13-11-18(12-14-19)30-25(32)20-8-4-5-9-21(20)28-26(30)36-16-23(31)29-27-15-17-7-6-10-22(34-2)24(17)35-3/h4-15H,16H2,1-3H3,(H,29,31)/b27-15-. The number of ether oxygens (including phenoxy) is 3. The molecule has 0 aliphatic carbocycles. The number of para-hydroxylation sites is 2. The molecule has 4 rings (SSSR count). The number of amides is 1. The van der Waals surface area contributed by atoms with E-state index in [-0.39, 0.29) is 17.2 Å². The molecule has 0 aliphatic heterocycles. The number of nitrogens with one attached hydrogen (secondary N) is 1. The van der Waals surface area contributed by atoms with E-state index >= 15 is 0 Å². The van der Waals surface area contributed by atoms with E-state index in [0.717, 1.165) is 11.8 Å². The van der Waals surface area contributed by atoms with E-state index in [9.17, 15) is 9.59 Å². The molecule has 0 fully saturated rings. The Morgan fingerprint density at radius 2 is 1.78 bits per heavy atom. The normalized spacial score (nSPS) is 11.0. The van der Waals surface area contributed by atoms with E-state index in [0.29, 0.717) is 44.6 Å². The van der Waals surface area contributed by atoms with Crippen molar-refractivity contribution in [2.75, 3.05) is 27.1 Å². The lowest BCUT2D eigenvalue weighted by molar-refractivity contribution is -0.118. The number of thioether (sulfide) groups is 1. The van der Waals surface area contributed by atoms with Gasteiger partial charge < -0.3 is 14.2 Å². The lowest BCUT2D eigenvalue weighted by Gasteiger charge is -2.13. The van der Waals surface area contributed by atoms with Crippen molar-refractivity contribution in [1.29, 1.82) is 0 Å². The van der Waals surface area contributed by atoms with Crippen LogP contribution in [0.5, 0.6) is 17.2 Å². The Morgan fingerprint density at radius 3 is 2.50 bits per heavy atom. The number of benzene rings is 3. The largest absolute Gasteiger partial charge is 0.497 e. The Kier molecular flexibility index (Phi) is 7.86. The molecule has 1 amide bonds. The molecule has 184 valence electrons. The van der Waals surface area contributed by atoms with Crippen molar-refractivity contribution < 1.29 is 19.0 Å². The molecule has 0 aliphatic rings. The van der Waals surface area contributed by atoms with Gasteiger partial charge in [-0.15, -0.1) is 0 Å². The van der Waals surface area contributed by atoms with Gasteiger partial charge >= 0.3 is 0 Å². The molecule has 0 saturated carbocycles. The van der Waals surface area contributed by atoms with Gasteiger partial charge in [-0.1, -0.05) is 30.0 Å². The first-order valence-electron chi connectivity index (χ1n) is 10.9. The van der Waals surface area contributed by atoms with E-state index < -0.39 is 0 Å². The highest BCUT2D eigenvalue weighted by Gasteiger charge is 2.15. The minimum absolute atomic E-state index is 0.00643. The average molecular weight is 505 g/mol. The lowest BCUT2D eigenvalue weighted by Crippen LogP contribution is -2.24. The first-order valence-corrected chi connectivity index (χ1v) is 11.9. The second-order valence-electron chi connectivity index (χ2n) is 7.41. The predicted molar refractivity (Wildman–Crippen MR) is 140 cm³/mol. The molecule has 9 nitrogen and oxygen atoms in total. The van der Waals surface area contributed by atoms with Crippen LogP contribution in [0.3, 0.4) is 0 Å². The summed E-state index contributed by atoms with van der Waals surface area (Å²) in [7, 11) is 4.65. The van der Waals surface area contributed by atoms with Crippen LogP contribution in [0.4, 0.5) is 0 Å². The van der Waals surface area contributed by atoms with Crippen molar-refractivity contribution in [2.45, 2.75) is 5.16 Å². The van der Waals surface area contributed by atoms with Crippen molar-refractivity contribution in [3.63, 3.8) is 0 Å². The predicted octanol–water partition coefficient (Wildman–Crippen LogP) is 3.65. The third-order valence-electron chi connectivity index (χ3n) is 5.23. The van der Waals surface area contributed by atoms with Gasteiger partial charge in [0, 0.05) is 5.56 Å². The van der Waals surface area contributed by atoms with Gasteiger partial charge in [0.1, 0.15) is 5.75 Å². The van der Waals surface area contributed by atoms with Crippen LogP contribution in [0.1, 0.15) is 5.56 Å². The topological polar surface area (TPSA) is 104 Å². The molecular weight excluding hydrogens is 480 g/mol. The van der Waals surface area contributed by atoms with E-state index in [2.05, 4.69) is 15.5 Å². The maximum Gasteiger partial charge on any atom is 0.266 e. The van der Waals surface area contributed by atoms with Gasteiger partial charge in [-0.2, -0.15) is 5.10 Å². The zero-order valence-corrected chi connectivity index (χ0v) is 20.7. The number of nitrogens with zero attached hydrogens (tertiary/aromatic N) is 3. The number of carbonyl (C=O) groups is 1. The number of hydrogen-bond donors (Lipinski definition) is 1. The molecule has 0 radical (unpaired) electrons. The molecule has 0 spiro atoms. The highest BCUT2D eigenvalue weighted by atomic mass is 32.2. The van der Waals surface area contributed by atoms with Crippen LogP contribution >= 0.6 is 11.8 Å². The molecule has 0 bridgehead atoms. The van der Waals surface area contributed by atoms with E-state index in [1.807, 2.05) is 6.07 Å². The average Bonchev–Trinajstić information content (AvgIpc) is 2.92. The summed E-state index contributed by atoms with van der Waals surface area (Å²) in [4.78, 5) is 30.5. The van der Waals surface area contributed by atoms with Gasteiger partial charge in [-0.25, -0.2) is 10.4 Å². The summed E-state index contributed by atoms with van der Waals surface area (Å²) in [5.41, 5.74) is 4.09. The van der Waals surface area contributed by atoms with Gasteiger partial charge in [0.25, 0.3) is 11.5 Å². The Hall–Kier alpha value is -4.31. The molecule has 0 unspecified atom stereocenters. The fraction of sp³-hybridized carbons (Fsp3) is 0.154. The summed E-state index contributed by atoms with van der Waals surface area (Å²) < 4.78 is 17.4. The molecular formula is C26H24N4O5S. The molecule has 36 heavy (non-hydrogen) atoms. The minimum Gasteiger partial charge on any atom is -0.497 e. The Labute approximate surface area is 211 Å².